The molecule has 0 fully saturated rings. The molecule has 0 atom stereocenters. The molecule has 0 spiro atoms. The van der Waals surface area contributed by atoms with Crippen LogP contribution in [0.1, 0.15) is 5.56 Å². The Morgan fingerprint density at radius 3 is 1.17 bits per heavy atom. The summed E-state index contributed by atoms with van der Waals surface area (Å²) in [6, 6.07) is 66.8. The monoisotopic (exact) mass is 539 g/mol. The van der Waals surface area contributed by atoms with E-state index in [1.54, 1.807) is 0 Å². The first-order valence-corrected chi connectivity index (χ1v) is 14.6. The quantitative estimate of drug-likeness (QED) is 0.174. The molecule has 42 heavy (non-hydrogen) atoms. The fraction of sp³-hybridized carbons (Fsp3) is 0.0250. The smallest absolute Gasteiger partial charge is 0.195 e. The van der Waals surface area contributed by atoms with Crippen LogP contribution >= 0.6 is 0 Å². The van der Waals surface area contributed by atoms with Crippen molar-refractivity contribution in [1.82, 2.24) is 0 Å². The van der Waals surface area contributed by atoms with Gasteiger partial charge >= 0.3 is 0 Å². The SMILES string of the molecule is c1ccc(C[n+]2cccc3ccccc32)cc1.c1ccc([B-](c2ccccc2)(c2ccccc2)c2ccccc2)cc1. The second kappa shape index (κ2) is 13.0. The maximum absolute atomic E-state index is 2.28. The van der Waals surface area contributed by atoms with Crippen LogP contribution in [-0.4, -0.2) is 6.15 Å². The van der Waals surface area contributed by atoms with Gasteiger partial charge in [-0.05, 0) is 12.1 Å². The molecule has 0 aliphatic carbocycles. The Bertz CT molecular complexity index is 1650. The van der Waals surface area contributed by atoms with Crippen LogP contribution in [0.15, 0.2) is 194 Å². The minimum Gasteiger partial charge on any atom is -0.195 e. The second-order valence-electron chi connectivity index (χ2n) is 10.7. The summed E-state index contributed by atoms with van der Waals surface area (Å²) in [6.07, 6.45) is 0.919. The number of pyridine rings is 1. The molecule has 7 aromatic rings. The van der Waals surface area contributed by atoms with E-state index < -0.39 is 6.15 Å². The highest BCUT2D eigenvalue weighted by Crippen LogP contribution is 2.10. The number of hydrogen-bond acceptors (Lipinski definition) is 0. The van der Waals surface area contributed by atoms with Crippen molar-refractivity contribution in [3.8, 4) is 0 Å². The summed E-state index contributed by atoms with van der Waals surface area (Å²) in [5.41, 5.74) is 7.96. The molecule has 0 radical (unpaired) electrons. The van der Waals surface area contributed by atoms with Gasteiger partial charge in [0, 0.05) is 23.1 Å². The Kier molecular flexibility index (Phi) is 8.34. The lowest BCUT2D eigenvalue weighted by atomic mass is 9.13. The van der Waals surface area contributed by atoms with Crippen molar-refractivity contribution < 1.29 is 4.57 Å². The molecule has 0 N–H and O–H groups in total. The Balaban J connectivity index is 0.000000162. The van der Waals surface area contributed by atoms with Crippen molar-refractivity contribution in [3.05, 3.63) is 200 Å². The number of nitrogens with zero attached hydrogens (tertiary/aromatic N) is 1. The van der Waals surface area contributed by atoms with Gasteiger partial charge in [-0.1, -0.05) is 164 Å². The Morgan fingerprint density at radius 1 is 0.357 bits per heavy atom. The minimum absolute atomic E-state index is 0.919. The highest BCUT2D eigenvalue weighted by Gasteiger charge is 2.31. The van der Waals surface area contributed by atoms with Crippen LogP contribution in [0.4, 0.5) is 0 Å². The van der Waals surface area contributed by atoms with Crippen LogP contribution < -0.4 is 26.4 Å². The first-order valence-electron chi connectivity index (χ1n) is 14.6. The molecule has 202 valence electrons. The zero-order valence-electron chi connectivity index (χ0n) is 23.7. The van der Waals surface area contributed by atoms with Crippen LogP contribution in [0.2, 0.25) is 0 Å². The number of para-hydroxylation sites is 1. The highest BCUT2D eigenvalue weighted by atomic mass is 14.9. The Morgan fingerprint density at radius 2 is 0.714 bits per heavy atom. The van der Waals surface area contributed by atoms with Crippen molar-refractivity contribution in [1.29, 1.82) is 0 Å². The summed E-state index contributed by atoms with van der Waals surface area (Å²) >= 11 is 0. The van der Waals surface area contributed by atoms with Crippen LogP contribution in [0, 0.1) is 0 Å². The summed E-state index contributed by atoms with van der Waals surface area (Å²) in [6.45, 7) is 0.919. The van der Waals surface area contributed by atoms with Gasteiger partial charge in [-0.2, -0.15) is 26.4 Å². The maximum Gasteiger partial charge on any atom is 0.212 e. The highest BCUT2D eigenvalue weighted by molar-refractivity contribution is 7.19. The number of rotatable bonds is 6. The largest absolute Gasteiger partial charge is 0.212 e. The van der Waals surface area contributed by atoms with Crippen molar-refractivity contribution in [2.45, 2.75) is 6.54 Å². The van der Waals surface area contributed by atoms with Crippen molar-refractivity contribution in [2.75, 3.05) is 0 Å². The van der Waals surface area contributed by atoms with E-state index in [2.05, 4.69) is 199 Å². The number of fused-ring (bicyclic) bond motifs is 1. The van der Waals surface area contributed by atoms with Gasteiger partial charge in [0.2, 0.25) is 5.52 Å². The van der Waals surface area contributed by atoms with E-state index >= 15 is 0 Å². The van der Waals surface area contributed by atoms with Gasteiger partial charge in [0.25, 0.3) is 0 Å². The van der Waals surface area contributed by atoms with E-state index in [4.69, 9.17) is 0 Å². The molecule has 1 nitrogen and oxygen atoms in total. The Labute approximate surface area is 249 Å². The zero-order chi connectivity index (χ0) is 28.5. The standard InChI is InChI=1S/C24H20B.C16H14N/c1-5-13-21(14-6-1)25(22-15-7-2-8-16-22,23-17-9-3-10-18-23)24-19-11-4-12-20-24;1-2-7-14(8-3-1)13-17-12-6-10-15-9-4-5-11-16(15)17/h1-20H;1-12H,13H2/q-1;+1. The fourth-order valence-corrected chi connectivity index (χ4v) is 6.26. The van der Waals surface area contributed by atoms with Crippen LogP contribution in [0.3, 0.4) is 0 Å². The van der Waals surface area contributed by atoms with Gasteiger partial charge in [-0.15, -0.1) is 0 Å². The van der Waals surface area contributed by atoms with E-state index in [1.165, 1.54) is 38.3 Å². The molecule has 0 aliphatic rings. The summed E-state index contributed by atoms with van der Waals surface area (Å²) in [5.74, 6) is 0. The summed E-state index contributed by atoms with van der Waals surface area (Å²) in [7, 11) is 0. The van der Waals surface area contributed by atoms with E-state index in [9.17, 15) is 0 Å². The minimum atomic E-state index is -1.22. The van der Waals surface area contributed by atoms with Gasteiger partial charge in [-0.3, -0.25) is 0 Å². The number of benzene rings is 6. The van der Waals surface area contributed by atoms with Gasteiger partial charge in [-0.25, -0.2) is 0 Å². The van der Waals surface area contributed by atoms with E-state index in [-0.39, 0.29) is 0 Å². The third-order valence-electron chi connectivity index (χ3n) is 8.18. The Hall–Kier alpha value is -5.21. The predicted octanol–water partition coefficient (Wildman–Crippen LogP) is 6.24. The molecule has 0 amide bonds. The lowest BCUT2D eigenvalue weighted by Crippen LogP contribution is -2.74. The molecule has 1 aromatic heterocycles. The summed E-state index contributed by atoms with van der Waals surface area (Å²) in [4.78, 5) is 0. The summed E-state index contributed by atoms with van der Waals surface area (Å²) in [5, 5.41) is 1.28. The average molecular weight is 540 g/mol. The fourth-order valence-electron chi connectivity index (χ4n) is 6.26. The van der Waals surface area contributed by atoms with Gasteiger partial charge in [0.15, 0.2) is 12.7 Å². The van der Waals surface area contributed by atoms with Crippen molar-refractivity contribution >= 4 is 38.9 Å². The molecule has 0 saturated heterocycles. The summed E-state index contributed by atoms with van der Waals surface area (Å²) < 4.78 is 2.28. The first-order chi connectivity index (χ1) is 20.9. The lowest BCUT2D eigenvalue weighted by Gasteiger charge is -2.44. The number of aromatic nitrogens is 1. The van der Waals surface area contributed by atoms with E-state index in [0.717, 1.165) is 6.54 Å². The van der Waals surface area contributed by atoms with Crippen LogP contribution in [0.25, 0.3) is 10.9 Å². The topological polar surface area (TPSA) is 3.88 Å². The van der Waals surface area contributed by atoms with Crippen molar-refractivity contribution in [2.24, 2.45) is 0 Å². The van der Waals surface area contributed by atoms with E-state index in [0.29, 0.717) is 0 Å². The molecular weight excluding hydrogens is 505 g/mol. The first kappa shape index (κ1) is 27.0. The van der Waals surface area contributed by atoms with Gasteiger partial charge in [0.05, 0.1) is 0 Å². The lowest BCUT2D eigenvalue weighted by molar-refractivity contribution is -0.662. The predicted molar refractivity (Wildman–Crippen MR) is 180 cm³/mol. The molecule has 0 saturated carbocycles. The normalized spacial score (nSPS) is 11.0. The second-order valence-corrected chi connectivity index (χ2v) is 10.7. The van der Waals surface area contributed by atoms with Crippen LogP contribution in [-0.2, 0) is 6.54 Å². The van der Waals surface area contributed by atoms with Crippen molar-refractivity contribution in [3.63, 3.8) is 0 Å². The molecule has 0 aliphatic heterocycles. The molecule has 7 rings (SSSR count). The average Bonchev–Trinajstić information content (AvgIpc) is 3.08. The van der Waals surface area contributed by atoms with Gasteiger partial charge < -0.3 is 0 Å². The molecule has 2 heteroatoms. The molecular formula is C40H34BN. The third kappa shape index (κ3) is 5.66. The zero-order valence-corrected chi connectivity index (χ0v) is 23.7. The maximum atomic E-state index is 2.28. The number of hydrogen-bond donors (Lipinski definition) is 0. The van der Waals surface area contributed by atoms with Gasteiger partial charge in [0.1, 0.15) is 6.15 Å². The molecule has 6 aromatic carbocycles. The molecule has 0 unspecified atom stereocenters. The third-order valence-corrected chi connectivity index (χ3v) is 8.18. The van der Waals surface area contributed by atoms with E-state index in [1.807, 2.05) is 0 Å². The molecule has 0 bridgehead atoms. The van der Waals surface area contributed by atoms with Crippen LogP contribution in [0.5, 0.6) is 0 Å². The molecule has 1 heterocycles.